The number of hydrogen-bond acceptors (Lipinski definition) is 3. The van der Waals surface area contributed by atoms with Crippen molar-refractivity contribution < 1.29 is 4.79 Å². The predicted molar refractivity (Wildman–Crippen MR) is 50.3 cm³/mol. The van der Waals surface area contributed by atoms with E-state index in [-0.39, 0.29) is 18.3 Å². The molecule has 4 N–H and O–H groups in total. The van der Waals surface area contributed by atoms with Crippen LogP contribution in [-0.4, -0.2) is 30.6 Å². The molecule has 12 heavy (non-hydrogen) atoms. The van der Waals surface area contributed by atoms with E-state index in [2.05, 4.69) is 10.6 Å². The normalized spacial score (nSPS) is 19.6. The van der Waals surface area contributed by atoms with Crippen molar-refractivity contribution in [2.45, 2.75) is 25.4 Å². The molecule has 72 valence electrons. The number of primary amides is 1. The SMILES string of the molecule is CC(C)NC1(C(N)=O)CNC1.Cl. The number of amides is 1. The van der Waals surface area contributed by atoms with Crippen LogP contribution >= 0.6 is 12.4 Å². The third-order valence-corrected chi connectivity index (χ3v) is 1.89. The Balaban J connectivity index is 0.00000121. The highest BCUT2D eigenvalue weighted by Crippen LogP contribution is 2.10. The van der Waals surface area contributed by atoms with Crippen LogP contribution in [0.25, 0.3) is 0 Å². The van der Waals surface area contributed by atoms with Gasteiger partial charge in [-0.3, -0.25) is 10.1 Å². The molecule has 0 saturated carbocycles. The van der Waals surface area contributed by atoms with Crippen molar-refractivity contribution in [2.75, 3.05) is 13.1 Å². The molecule has 1 saturated heterocycles. The monoisotopic (exact) mass is 193 g/mol. The van der Waals surface area contributed by atoms with E-state index in [0.717, 1.165) is 0 Å². The van der Waals surface area contributed by atoms with Gasteiger partial charge in [-0.15, -0.1) is 12.4 Å². The number of carbonyl (C=O) groups excluding carboxylic acids is 1. The second-order valence-electron chi connectivity index (χ2n) is 3.35. The first-order valence-corrected chi connectivity index (χ1v) is 3.85. The minimum Gasteiger partial charge on any atom is -0.368 e. The maximum atomic E-state index is 11.0. The molecule has 4 nitrogen and oxygen atoms in total. The molecule has 0 aromatic heterocycles. The molecule has 1 amide bonds. The number of hydrogen-bond donors (Lipinski definition) is 3. The lowest BCUT2D eigenvalue weighted by molar-refractivity contribution is -0.126. The van der Waals surface area contributed by atoms with Crippen molar-refractivity contribution in [3.63, 3.8) is 0 Å². The van der Waals surface area contributed by atoms with Crippen molar-refractivity contribution in [3.05, 3.63) is 0 Å². The lowest BCUT2D eigenvalue weighted by atomic mass is 9.91. The first kappa shape index (κ1) is 11.7. The fourth-order valence-corrected chi connectivity index (χ4v) is 1.28. The first-order chi connectivity index (χ1) is 5.07. The molecule has 1 heterocycles. The van der Waals surface area contributed by atoms with Crippen molar-refractivity contribution in [1.29, 1.82) is 0 Å². The van der Waals surface area contributed by atoms with E-state index in [1.807, 2.05) is 13.8 Å². The average Bonchev–Trinajstić information content (AvgIpc) is 1.77. The van der Waals surface area contributed by atoms with Gasteiger partial charge in [0.25, 0.3) is 0 Å². The van der Waals surface area contributed by atoms with Gasteiger partial charge in [0.1, 0.15) is 5.54 Å². The van der Waals surface area contributed by atoms with Gasteiger partial charge in [0, 0.05) is 19.1 Å². The number of halogens is 1. The molecule has 0 radical (unpaired) electrons. The summed E-state index contributed by atoms with van der Waals surface area (Å²) in [7, 11) is 0. The van der Waals surface area contributed by atoms with Gasteiger partial charge >= 0.3 is 0 Å². The lowest BCUT2D eigenvalue weighted by Crippen LogP contribution is -2.74. The average molecular weight is 194 g/mol. The highest BCUT2D eigenvalue weighted by Gasteiger charge is 2.42. The van der Waals surface area contributed by atoms with E-state index in [0.29, 0.717) is 19.1 Å². The summed E-state index contributed by atoms with van der Waals surface area (Å²) < 4.78 is 0. The number of rotatable bonds is 3. The smallest absolute Gasteiger partial charge is 0.240 e. The largest absolute Gasteiger partial charge is 0.368 e. The molecule has 1 aliphatic heterocycles. The van der Waals surface area contributed by atoms with E-state index in [1.165, 1.54) is 0 Å². The third-order valence-electron chi connectivity index (χ3n) is 1.89. The maximum Gasteiger partial charge on any atom is 0.240 e. The summed E-state index contributed by atoms with van der Waals surface area (Å²) in [6.07, 6.45) is 0. The fraction of sp³-hybridized carbons (Fsp3) is 0.857. The molecular weight excluding hydrogens is 178 g/mol. The van der Waals surface area contributed by atoms with E-state index >= 15 is 0 Å². The van der Waals surface area contributed by atoms with E-state index in [1.54, 1.807) is 0 Å². The highest BCUT2D eigenvalue weighted by atomic mass is 35.5. The second-order valence-corrected chi connectivity index (χ2v) is 3.35. The van der Waals surface area contributed by atoms with Gasteiger partial charge in [-0.2, -0.15) is 0 Å². The van der Waals surface area contributed by atoms with E-state index in [4.69, 9.17) is 5.73 Å². The molecule has 0 aromatic rings. The molecule has 1 rings (SSSR count). The molecule has 1 aliphatic rings. The highest BCUT2D eigenvalue weighted by molar-refractivity contribution is 5.86. The van der Waals surface area contributed by atoms with Gasteiger partial charge in [0.2, 0.25) is 5.91 Å². The van der Waals surface area contributed by atoms with Gasteiger partial charge in [-0.25, -0.2) is 0 Å². The fourth-order valence-electron chi connectivity index (χ4n) is 1.28. The summed E-state index contributed by atoms with van der Waals surface area (Å²) in [6, 6.07) is 0.296. The number of carbonyl (C=O) groups is 1. The predicted octanol–water partition coefficient (Wildman–Crippen LogP) is -0.766. The standard InChI is InChI=1S/C7H15N3O.ClH/c1-5(2)10-7(6(8)11)3-9-4-7;/h5,9-10H,3-4H2,1-2H3,(H2,8,11);1H. The summed E-state index contributed by atoms with van der Waals surface area (Å²) in [4.78, 5) is 11.0. The van der Waals surface area contributed by atoms with E-state index < -0.39 is 5.54 Å². The molecular formula is C7H16ClN3O. The summed E-state index contributed by atoms with van der Waals surface area (Å²) in [5.41, 5.74) is 4.76. The molecule has 5 heteroatoms. The Morgan fingerprint density at radius 1 is 1.58 bits per heavy atom. The van der Waals surface area contributed by atoms with Gasteiger partial charge in [0.15, 0.2) is 0 Å². The maximum absolute atomic E-state index is 11.0. The van der Waals surface area contributed by atoms with Crippen LogP contribution in [0, 0.1) is 0 Å². The number of nitrogens with one attached hydrogen (secondary N) is 2. The van der Waals surface area contributed by atoms with Gasteiger partial charge in [-0.1, -0.05) is 0 Å². The van der Waals surface area contributed by atoms with Gasteiger partial charge in [-0.05, 0) is 13.8 Å². The Morgan fingerprint density at radius 2 is 2.08 bits per heavy atom. The topological polar surface area (TPSA) is 67.1 Å². The number of nitrogens with two attached hydrogens (primary N) is 1. The molecule has 0 unspecified atom stereocenters. The van der Waals surface area contributed by atoms with Crippen LogP contribution in [0.5, 0.6) is 0 Å². The molecule has 0 atom stereocenters. The van der Waals surface area contributed by atoms with Crippen molar-refractivity contribution in [1.82, 2.24) is 10.6 Å². The summed E-state index contributed by atoms with van der Waals surface area (Å²) in [5.74, 6) is -0.259. The van der Waals surface area contributed by atoms with Crippen molar-refractivity contribution in [3.8, 4) is 0 Å². The van der Waals surface area contributed by atoms with Crippen LogP contribution in [0.3, 0.4) is 0 Å². The molecule has 0 aromatic carbocycles. The molecule has 0 spiro atoms. The van der Waals surface area contributed by atoms with Crippen molar-refractivity contribution in [2.24, 2.45) is 5.73 Å². The van der Waals surface area contributed by atoms with Crippen LogP contribution in [-0.2, 0) is 4.79 Å². The van der Waals surface area contributed by atoms with Crippen LogP contribution in [0.15, 0.2) is 0 Å². The zero-order valence-electron chi connectivity index (χ0n) is 7.39. The Morgan fingerprint density at radius 3 is 2.17 bits per heavy atom. The van der Waals surface area contributed by atoms with Crippen LogP contribution < -0.4 is 16.4 Å². The Kier molecular flexibility index (Phi) is 3.96. The zero-order chi connectivity index (χ0) is 8.48. The van der Waals surface area contributed by atoms with Crippen LogP contribution in [0.1, 0.15) is 13.8 Å². The molecule has 1 fully saturated rings. The van der Waals surface area contributed by atoms with E-state index in [9.17, 15) is 4.79 Å². The minimum atomic E-state index is -0.478. The lowest BCUT2D eigenvalue weighted by Gasteiger charge is -2.41. The van der Waals surface area contributed by atoms with Gasteiger partial charge in [0.05, 0.1) is 0 Å². The van der Waals surface area contributed by atoms with Crippen LogP contribution in [0.4, 0.5) is 0 Å². The Hall–Kier alpha value is -0.320. The molecule has 0 aliphatic carbocycles. The summed E-state index contributed by atoms with van der Waals surface area (Å²) in [6.45, 7) is 5.31. The minimum absolute atomic E-state index is 0. The second kappa shape index (κ2) is 4.07. The van der Waals surface area contributed by atoms with Gasteiger partial charge < -0.3 is 11.1 Å². The third kappa shape index (κ3) is 2.09. The first-order valence-electron chi connectivity index (χ1n) is 3.85. The molecule has 0 bridgehead atoms. The van der Waals surface area contributed by atoms with Crippen LogP contribution in [0.2, 0.25) is 0 Å². The summed E-state index contributed by atoms with van der Waals surface area (Å²) in [5, 5.41) is 6.18. The Labute approximate surface area is 78.7 Å². The zero-order valence-corrected chi connectivity index (χ0v) is 8.20. The summed E-state index contributed by atoms with van der Waals surface area (Å²) >= 11 is 0. The van der Waals surface area contributed by atoms with Crippen molar-refractivity contribution >= 4 is 18.3 Å². The quantitative estimate of drug-likeness (QED) is 0.552. The Bertz CT molecular complexity index is 168.